The maximum Gasteiger partial charge on any atom is 0.558 e. The van der Waals surface area contributed by atoms with Gasteiger partial charge in [0.15, 0.2) is 0 Å². The molecule has 1 N–H and O–H groups in total. The smallest absolute Gasteiger partial charge is 0.409 e. The molecular weight excluding hydrogens is 250 g/mol. The quantitative estimate of drug-likeness (QED) is 0.588. The monoisotopic (exact) mass is 259 g/mol. The minimum Gasteiger partial charge on any atom is -0.409 e. The lowest BCUT2D eigenvalue weighted by Crippen LogP contribution is -2.20. The van der Waals surface area contributed by atoms with Gasteiger partial charge in [0.1, 0.15) is 0 Å². The summed E-state index contributed by atoms with van der Waals surface area (Å²) in [6.07, 6.45) is -1.18. The first-order chi connectivity index (χ1) is 6.92. The fourth-order valence-corrected chi connectivity index (χ4v) is 3.22. The van der Waals surface area contributed by atoms with Crippen LogP contribution in [0, 0.1) is 0 Å². The molecule has 1 fully saturated rings. The zero-order valence-corrected chi connectivity index (χ0v) is 9.64. The van der Waals surface area contributed by atoms with Gasteiger partial charge in [0.2, 0.25) is 0 Å². The molecule has 0 amide bonds. The van der Waals surface area contributed by atoms with Gasteiger partial charge in [-0.2, -0.15) is 0 Å². The third-order valence-corrected chi connectivity index (χ3v) is 4.58. The van der Waals surface area contributed by atoms with E-state index in [2.05, 4.69) is 18.5 Å². The number of rotatable bonds is 4. The minimum atomic E-state index is -4.21. The molecule has 8 nitrogen and oxygen atoms in total. The Balaban J connectivity index is 2.91. The molecular formula is C5H9O8P2+. The highest BCUT2D eigenvalue weighted by molar-refractivity contribution is 7.54. The second-order valence-corrected chi connectivity index (χ2v) is 5.93. The predicted octanol–water partition coefficient (Wildman–Crippen LogP) is 1.03. The zero-order valence-electron chi connectivity index (χ0n) is 7.85. The van der Waals surface area contributed by atoms with Crippen LogP contribution in [0.5, 0.6) is 0 Å². The van der Waals surface area contributed by atoms with E-state index in [0.29, 0.717) is 0 Å². The molecule has 1 aliphatic rings. The zero-order chi connectivity index (χ0) is 11.6. The summed E-state index contributed by atoms with van der Waals surface area (Å²) in [5.41, 5.74) is 0. The van der Waals surface area contributed by atoms with Crippen LogP contribution < -0.4 is 0 Å². The normalized spacial score (nSPS) is 30.3. The van der Waals surface area contributed by atoms with Gasteiger partial charge in [-0.1, -0.05) is 0 Å². The lowest BCUT2D eigenvalue weighted by molar-refractivity contribution is 0.121. The second-order valence-electron chi connectivity index (χ2n) is 2.48. The van der Waals surface area contributed by atoms with Crippen LogP contribution in [-0.2, 0) is 27.7 Å². The van der Waals surface area contributed by atoms with Crippen LogP contribution in [0.2, 0.25) is 0 Å². The lowest BCUT2D eigenvalue weighted by Gasteiger charge is -2.12. The van der Waals surface area contributed by atoms with Crippen molar-refractivity contribution in [2.24, 2.45) is 0 Å². The number of carbonyl (C=O) groups is 1. The Labute approximate surface area is 85.9 Å². The molecule has 4 atom stereocenters. The van der Waals surface area contributed by atoms with Crippen LogP contribution >= 0.6 is 15.6 Å². The van der Waals surface area contributed by atoms with Crippen LogP contribution in [0.15, 0.2) is 0 Å². The molecule has 86 valence electrons. The summed E-state index contributed by atoms with van der Waals surface area (Å²) in [4.78, 5) is 20.0. The van der Waals surface area contributed by atoms with Crippen molar-refractivity contribution in [2.45, 2.75) is 11.7 Å². The molecule has 4 unspecified atom stereocenters. The molecule has 0 aliphatic carbocycles. The molecule has 0 saturated carbocycles. The summed E-state index contributed by atoms with van der Waals surface area (Å²) in [6, 6.07) is 0. The van der Waals surface area contributed by atoms with E-state index >= 15 is 0 Å². The fraction of sp³-hybridized carbons (Fsp3) is 0.800. The van der Waals surface area contributed by atoms with Crippen LogP contribution in [0.1, 0.15) is 0 Å². The van der Waals surface area contributed by atoms with Gasteiger partial charge >= 0.3 is 27.6 Å². The van der Waals surface area contributed by atoms with E-state index in [0.717, 1.165) is 14.2 Å². The van der Waals surface area contributed by atoms with Gasteiger partial charge in [0, 0.05) is 7.11 Å². The van der Waals surface area contributed by atoms with E-state index in [1.165, 1.54) is 0 Å². The van der Waals surface area contributed by atoms with Gasteiger partial charge in [-0.05, 0) is 4.57 Å². The molecule has 0 bridgehead atoms. The molecule has 0 aromatic rings. The van der Waals surface area contributed by atoms with E-state index < -0.39 is 33.5 Å². The average Bonchev–Trinajstić information content (AvgIpc) is 2.60. The van der Waals surface area contributed by atoms with Crippen LogP contribution in [0.4, 0.5) is 4.79 Å². The highest BCUT2D eigenvalue weighted by Gasteiger charge is 2.60. The van der Waals surface area contributed by atoms with Crippen molar-refractivity contribution in [3.05, 3.63) is 0 Å². The molecule has 1 saturated heterocycles. The Kier molecular flexibility index (Phi) is 3.81. The molecule has 0 spiro atoms. The standard InChI is InChI=1S/C5H8O8P2/c1-10-14(7)3-4(13-5(6)12-3)15(8,9)11-2/h3-4H,1-2H3/p+1. The van der Waals surface area contributed by atoms with Gasteiger partial charge in [-0.25, -0.2) is 4.79 Å². The van der Waals surface area contributed by atoms with Crippen LogP contribution in [-0.4, -0.2) is 37.0 Å². The summed E-state index contributed by atoms with van der Waals surface area (Å²) in [7, 11) is -4.59. The van der Waals surface area contributed by atoms with Gasteiger partial charge in [-0.15, -0.1) is 4.52 Å². The minimum absolute atomic E-state index is 0.962. The first-order valence-corrected chi connectivity index (χ1v) is 6.57. The molecule has 0 aromatic heterocycles. The molecule has 1 heterocycles. The van der Waals surface area contributed by atoms with Crippen molar-refractivity contribution >= 4 is 21.8 Å². The first kappa shape index (κ1) is 12.5. The van der Waals surface area contributed by atoms with E-state index in [-0.39, 0.29) is 0 Å². The van der Waals surface area contributed by atoms with Crippen molar-refractivity contribution in [3.63, 3.8) is 0 Å². The van der Waals surface area contributed by atoms with Crippen molar-refractivity contribution in [1.82, 2.24) is 0 Å². The number of hydrogen-bond donors (Lipinski definition) is 1. The summed E-state index contributed by atoms with van der Waals surface area (Å²) < 4.78 is 40.1. The SMILES string of the molecule is CO[P+](=O)C1OC(=O)OC1P(=O)(O)OC. The highest BCUT2D eigenvalue weighted by Crippen LogP contribution is 2.56. The van der Waals surface area contributed by atoms with E-state index in [1.54, 1.807) is 0 Å². The number of carbonyl (C=O) groups excluding carboxylic acids is 1. The van der Waals surface area contributed by atoms with E-state index in [9.17, 15) is 18.8 Å². The Morgan fingerprint density at radius 2 is 2.07 bits per heavy atom. The lowest BCUT2D eigenvalue weighted by atomic mass is 10.8. The molecule has 0 aromatic carbocycles. The van der Waals surface area contributed by atoms with Gasteiger partial charge in [-0.3, -0.25) is 4.57 Å². The molecule has 15 heavy (non-hydrogen) atoms. The molecule has 1 rings (SSSR count). The summed E-state index contributed by atoms with van der Waals surface area (Å²) in [6.45, 7) is 0. The van der Waals surface area contributed by atoms with Crippen molar-refractivity contribution in [1.29, 1.82) is 0 Å². The predicted molar refractivity (Wildman–Crippen MR) is 46.6 cm³/mol. The first-order valence-electron chi connectivity index (χ1n) is 3.68. The number of cyclic esters (lactones) is 2. The Morgan fingerprint density at radius 1 is 1.47 bits per heavy atom. The van der Waals surface area contributed by atoms with Crippen molar-refractivity contribution in [3.8, 4) is 0 Å². The summed E-state index contributed by atoms with van der Waals surface area (Å²) >= 11 is 0. The largest absolute Gasteiger partial charge is 0.558 e. The van der Waals surface area contributed by atoms with E-state index in [4.69, 9.17) is 0 Å². The average molecular weight is 259 g/mol. The van der Waals surface area contributed by atoms with E-state index in [1.807, 2.05) is 0 Å². The van der Waals surface area contributed by atoms with Gasteiger partial charge in [0.05, 0.1) is 7.11 Å². The Hall–Kier alpha value is -0.520. The van der Waals surface area contributed by atoms with Crippen LogP contribution in [0.3, 0.4) is 0 Å². The van der Waals surface area contributed by atoms with Gasteiger partial charge < -0.3 is 18.9 Å². The Bertz CT molecular complexity index is 327. The second kappa shape index (κ2) is 4.55. The third kappa shape index (κ3) is 2.53. The molecule has 1 aliphatic heterocycles. The number of ether oxygens (including phenoxy) is 2. The maximum absolute atomic E-state index is 11.4. The maximum atomic E-state index is 11.4. The molecule has 0 radical (unpaired) electrons. The third-order valence-electron chi connectivity index (χ3n) is 1.65. The topological polar surface area (TPSA) is 108 Å². The van der Waals surface area contributed by atoms with Crippen molar-refractivity contribution in [2.75, 3.05) is 14.2 Å². The number of hydrogen-bond acceptors (Lipinski definition) is 7. The van der Waals surface area contributed by atoms with Gasteiger partial charge in [0.25, 0.3) is 5.85 Å². The summed E-state index contributed by atoms with van der Waals surface area (Å²) in [5, 5.41) is 0. The van der Waals surface area contributed by atoms with Crippen molar-refractivity contribution < 1.29 is 37.3 Å². The van der Waals surface area contributed by atoms with Crippen LogP contribution in [0.25, 0.3) is 0 Å². The molecule has 10 heteroatoms. The fourth-order valence-electron chi connectivity index (χ4n) is 0.924. The summed E-state index contributed by atoms with van der Waals surface area (Å²) in [5.74, 6) is -3.06. The highest BCUT2D eigenvalue weighted by atomic mass is 31.2. The Morgan fingerprint density at radius 3 is 2.53 bits per heavy atom.